The van der Waals surface area contributed by atoms with E-state index in [0.717, 1.165) is 25.0 Å². The molecule has 2 aliphatic heterocycles. The number of fused-ring (bicyclic) bond motifs is 2. The topological polar surface area (TPSA) is 98.6 Å². The molecule has 0 radical (unpaired) electrons. The van der Waals surface area contributed by atoms with Gasteiger partial charge in [-0.1, -0.05) is 18.2 Å². The van der Waals surface area contributed by atoms with Crippen LogP contribution in [-0.4, -0.2) is 57.6 Å². The number of pyridine rings is 1. The molecular weight excluding hydrogens is 470 g/mol. The first-order valence-electron chi connectivity index (χ1n) is 11.6. The van der Waals surface area contributed by atoms with Crippen LogP contribution < -0.4 is 14.8 Å². The number of hydrogen-bond donors (Lipinski definition) is 1. The largest absolute Gasteiger partial charge is 0.486 e. The Balaban J connectivity index is 1.63. The van der Waals surface area contributed by atoms with Crippen LogP contribution in [-0.2, 0) is 4.79 Å². The average Bonchev–Trinajstić information content (AvgIpc) is 3.04. The highest BCUT2D eigenvalue weighted by atomic mass is 35.5. The number of nitrogens with zero attached hydrogens (tertiary/aromatic N) is 4. The predicted molar refractivity (Wildman–Crippen MR) is 132 cm³/mol. The standard InChI is InChI=1S/C25H26ClN5O4/c1-3-20(32)30-9-5-4-6-17(14-30)31-22-18(13-19-23(21(22)26)35-11-10-34-19)28-25(31)29-24(33)16-7-8-27-15(2)12-16/h3,7-8,12-13,17H,1,4-6,9-11,14H2,2H3,(H,28,29,33)/t17-/m1/s1. The molecule has 1 atom stereocenters. The zero-order chi connectivity index (χ0) is 24.5. The van der Waals surface area contributed by atoms with Gasteiger partial charge in [0.1, 0.15) is 18.2 Å². The lowest BCUT2D eigenvalue weighted by molar-refractivity contribution is -0.126. The van der Waals surface area contributed by atoms with E-state index < -0.39 is 0 Å². The summed E-state index contributed by atoms with van der Waals surface area (Å²) in [5, 5.41) is 3.33. The SMILES string of the molecule is C=CC(=O)N1CCCC[C@@H](n2c(NC(=O)c3ccnc(C)c3)nc3cc4c(c(Cl)c32)OCCO4)C1. The van der Waals surface area contributed by atoms with Crippen molar-refractivity contribution >= 4 is 40.4 Å². The van der Waals surface area contributed by atoms with Gasteiger partial charge in [0, 0.05) is 36.6 Å². The number of amides is 2. The highest BCUT2D eigenvalue weighted by molar-refractivity contribution is 6.37. The number of likely N-dealkylation sites (tertiary alicyclic amines) is 1. The van der Waals surface area contributed by atoms with Crippen LogP contribution in [0, 0.1) is 6.92 Å². The molecule has 2 aliphatic rings. The number of nitrogens with one attached hydrogen (secondary N) is 1. The molecule has 3 aromatic rings. The van der Waals surface area contributed by atoms with Crippen LogP contribution in [0.2, 0.25) is 5.02 Å². The lowest BCUT2D eigenvalue weighted by Crippen LogP contribution is -2.34. The van der Waals surface area contributed by atoms with Gasteiger partial charge in [0.15, 0.2) is 11.5 Å². The van der Waals surface area contributed by atoms with Gasteiger partial charge in [0.25, 0.3) is 5.91 Å². The van der Waals surface area contributed by atoms with E-state index in [0.29, 0.717) is 65.4 Å². The number of imidazole rings is 1. The Bertz CT molecular complexity index is 1320. The number of aromatic nitrogens is 3. The van der Waals surface area contributed by atoms with Crippen LogP contribution in [0.5, 0.6) is 11.5 Å². The van der Waals surface area contributed by atoms with Crippen molar-refractivity contribution in [3.63, 3.8) is 0 Å². The predicted octanol–water partition coefficient (Wildman–Crippen LogP) is 4.16. The minimum atomic E-state index is -0.312. The smallest absolute Gasteiger partial charge is 0.258 e. The van der Waals surface area contributed by atoms with Crippen LogP contribution in [0.15, 0.2) is 37.1 Å². The summed E-state index contributed by atoms with van der Waals surface area (Å²) in [7, 11) is 0. The van der Waals surface area contributed by atoms with E-state index in [1.165, 1.54) is 6.08 Å². The number of ether oxygens (including phenoxy) is 2. The molecule has 5 rings (SSSR count). The Labute approximate surface area is 207 Å². The summed E-state index contributed by atoms with van der Waals surface area (Å²) in [6, 6.07) is 4.98. The molecule has 10 heteroatoms. The zero-order valence-electron chi connectivity index (χ0n) is 19.4. The van der Waals surface area contributed by atoms with Crippen molar-refractivity contribution in [1.82, 2.24) is 19.4 Å². The molecule has 1 N–H and O–H groups in total. The van der Waals surface area contributed by atoms with Gasteiger partial charge in [-0.15, -0.1) is 0 Å². The van der Waals surface area contributed by atoms with Gasteiger partial charge in [-0.3, -0.25) is 19.9 Å². The summed E-state index contributed by atoms with van der Waals surface area (Å²) < 4.78 is 13.5. The van der Waals surface area contributed by atoms with Gasteiger partial charge in [0.2, 0.25) is 11.9 Å². The molecule has 182 valence electrons. The van der Waals surface area contributed by atoms with E-state index >= 15 is 0 Å². The number of hydrogen-bond acceptors (Lipinski definition) is 6. The third-order valence-electron chi connectivity index (χ3n) is 6.31. The molecule has 2 aromatic heterocycles. The monoisotopic (exact) mass is 495 g/mol. The quantitative estimate of drug-likeness (QED) is 0.546. The van der Waals surface area contributed by atoms with Crippen molar-refractivity contribution in [3.8, 4) is 11.5 Å². The van der Waals surface area contributed by atoms with Crippen LogP contribution in [0.1, 0.15) is 41.4 Å². The average molecular weight is 496 g/mol. The van der Waals surface area contributed by atoms with E-state index in [4.69, 9.17) is 26.1 Å². The van der Waals surface area contributed by atoms with Gasteiger partial charge in [-0.05, 0) is 44.4 Å². The fraction of sp³-hybridized carbons (Fsp3) is 0.360. The molecule has 1 saturated heterocycles. The van der Waals surface area contributed by atoms with Crippen molar-refractivity contribution in [2.24, 2.45) is 0 Å². The number of aryl methyl sites for hydroxylation is 1. The summed E-state index contributed by atoms with van der Waals surface area (Å²) in [4.78, 5) is 36.3. The van der Waals surface area contributed by atoms with Crippen molar-refractivity contribution in [3.05, 3.63) is 53.3 Å². The van der Waals surface area contributed by atoms with Gasteiger partial charge in [0.05, 0.1) is 17.1 Å². The number of anilines is 1. The van der Waals surface area contributed by atoms with Gasteiger partial charge >= 0.3 is 0 Å². The highest BCUT2D eigenvalue weighted by Crippen LogP contribution is 2.45. The Hall–Kier alpha value is -3.59. The molecule has 0 aliphatic carbocycles. The summed E-state index contributed by atoms with van der Waals surface area (Å²) in [5.74, 6) is 0.890. The number of carbonyl (C=O) groups excluding carboxylic acids is 2. The third-order valence-corrected chi connectivity index (χ3v) is 6.66. The van der Waals surface area contributed by atoms with Crippen LogP contribution in [0.3, 0.4) is 0 Å². The van der Waals surface area contributed by atoms with E-state index in [1.54, 1.807) is 29.3 Å². The second-order valence-electron chi connectivity index (χ2n) is 8.67. The van der Waals surface area contributed by atoms with Gasteiger partial charge in [-0.2, -0.15) is 0 Å². The molecule has 0 saturated carbocycles. The Morgan fingerprint density at radius 3 is 2.89 bits per heavy atom. The Morgan fingerprint density at radius 1 is 1.26 bits per heavy atom. The summed E-state index contributed by atoms with van der Waals surface area (Å²) in [5.41, 5.74) is 2.41. The summed E-state index contributed by atoms with van der Waals surface area (Å²) >= 11 is 6.86. The van der Waals surface area contributed by atoms with Gasteiger partial charge < -0.3 is 18.9 Å². The molecule has 9 nitrogen and oxygen atoms in total. The highest BCUT2D eigenvalue weighted by Gasteiger charge is 2.30. The number of rotatable bonds is 4. The van der Waals surface area contributed by atoms with Gasteiger partial charge in [-0.25, -0.2) is 4.98 Å². The van der Waals surface area contributed by atoms with E-state index in [-0.39, 0.29) is 17.9 Å². The second-order valence-corrected chi connectivity index (χ2v) is 9.04. The Morgan fingerprint density at radius 2 is 2.09 bits per heavy atom. The first kappa shape index (κ1) is 23.2. The third kappa shape index (κ3) is 4.43. The minimum absolute atomic E-state index is 0.126. The summed E-state index contributed by atoms with van der Waals surface area (Å²) in [6.07, 6.45) is 5.49. The molecule has 4 heterocycles. The molecule has 0 bridgehead atoms. The number of carbonyl (C=O) groups is 2. The van der Waals surface area contributed by atoms with E-state index in [2.05, 4.69) is 16.9 Å². The fourth-order valence-corrected chi connectivity index (χ4v) is 5.01. The fourth-order valence-electron chi connectivity index (χ4n) is 4.68. The van der Waals surface area contributed by atoms with Crippen molar-refractivity contribution in [2.45, 2.75) is 32.2 Å². The summed E-state index contributed by atoms with van der Waals surface area (Å²) in [6.45, 7) is 7.36. The maximum Gasteiger partial charge on any atom is 0.258 e. The molecule has 1 aromatic carbocycles. The molecule has 1 fully saturated rings. The maximum atomic E-state index is 13.2. The molecular formula is C25H26ClN5O4. The lowest BCUT2D eigenvalue weighted by Gasteiger charge is -2.27. The molecule has 35 heavy (non-hydrogen) atoms. The van der Waals surface area contributed by atoms with Crippen LogP contribution in [0.25, 0.3) is 11.0 Å². The number of halogens is 1. The molecule has 2 amide bonds. The van der Waals surface area contributed by atoms with Crippen LogP contribution in [0.4, 0.5) is 5.95 Å². The zero-order valence-corrected chi connectivity index (χ0v) is 20.2. The molecule has 0 unspecified atom stereocenters. The molecule has 0 spiro atoms. The normalized spacial score (nSPS) is 17.7. The minimum Gasteiger partial charge on any atom is -0.486 e. The van der Waals surface area contributed by atoms with Crippen molar-refractivity contribution in [1.29, 1.82) is 0 Å². The number of benzene rings is 1. The van der Waals surface area contributed by atoms with Crippen molar-refractivity contribution in [2.75, 3.05) is 31.6 Å². The van der Waals surface area contributed by atoms with Crippen LogP contribution >= 0.6 is 11.6 Å². The van der Waals surface area contributed by atoms with E-state index in [1.807, 2.05) is 11.5 Å². The Kier molecular flexibility index (Phi) is 6.34. The maximum absolute atomic E-state index is 13.2. The first-order valence-corrected chi connectivity index (χ1v) is 12.0. The van der Waals surface area contributed by atoms with Crippen molar-refractivity contribution < 1.29 is 19.1 Å². The first-order chi connectivity index (χ1) is 17.0. The second kappa shape index (κ2) is 9.58. The van der Waals surface area contributed by atoms with E-state index in [9.17, 15) is 9.59 Å². The lowest BCUT2D eigenvalue weighted by atomic mass is 10.1.